The highest BCUT2D eigenvalue weighted by atomic mass is 17.2. The number of aliphatic hydroxyl groups excluding tert-OH is 1. The average Bonchev–Trinajstić information content (AvgIpc) is 2.67. The minimum atomic E-state index is -2.02. The summed E-state index contributed by atoms with van der Waals surface area (Å²) in [6, 6.07) is 0. The average molecular weight is 362 g/mol. The van der Waals surface area contributed by atoms with Gasteiger partial charge in [0.15, 0.2) is 5.78 Å². The molecule has 26 heavy (non-hydrogen) atoms. The van der Waals surface area contributed by atoms with Gasteiger partial charge in [-0.15, -0.1) is 0 Å². The highest BCUT2D eigenvalue weighted by molar-refractivity contribution is 6.04. The second kappa shape index (κ2) is 4.62. The van der Waals surface area contributed by atoms with Gasteiger partial charge in [0.2, 0.25) is 5.79 Å². The molecule has 1 spiro atoms. The number of carbonyl (C=O) groups excluding carboxylic acids is 1. The van der Waals surface area contributed by atoms with Crippen molar-refractivity contribution in [3.05, 3.63) is 12.2 Å². The van der Waals surface area contributed by atoms with Crippen LogP contribution in [-0.4, -0.2) is 34.0 Å². The summed E-state index contributed by atoms with van der Waals surface area (Å²) in [4.78, 5) is 25.1. The molecule has 0 amide bonds. The Bertz CT molecular complexity index is 715. The molecule has 6 aliphatic rings. The Labute approximate surface area is 154 Å². The normalized spacial score (nSPS) is 59.9. The summed E-state index contributed by atoms with van der Waals surface area (Å²) < 4.78 is 0. The molecule has 0 radical (unpaired) electrons. The lowest BCUT2D eigenvalue weighted by Crippen LogP contribution is -2.76. The zero-order chi connectivity index (χ0) is 18.9. The summed E-state index contributed by atoms with van der Waals surface area (Å²) in [5.74, 6) is -2.49. The summed E-state index contributed by atoms with van der Waals surface area (Å²) in [5.41, 5.74) is -1.18. The molecule has 4 aliphatic carbocycles. The third-order valence-electron chi connectivity index (χ3n) is 9.36. The summed E-state index contributed by atoms with van der Waals surface area (Å²) >= 11 is 0. The van der Waals surface area contributed by atoms with E-state index < -0.39 is 22.7 Å². The predicted molar refractivity (Wildman–Crippen MR) is 93.5 cm³/mol. The molecule has 5 nitrogen and oxygen atoms in total. The van der Waals surface area contributed by atoms with Gasteiger partial charge in [-0.2, -0.15) is 4.89 Å². The molecule has 0 aromatic heterocycles. The van der Waals surface area contributed by atoms with Crippen molar-refractivity contribution < 1.29 is 24.8 Å². The van der Waals surface area contributed by atoms with Crippen LogP contribution in [0.15, 0.2) is 12.2 Å². The van der Waals surface area contributed by atoms with E-state index >= 15 is 0 Å². The van der Waals surface area contributed by atoms with E-state index in [0.29, 0.717) is 5.57 Å². The molecule has 144 valence electrons. The first-order valence-corrected chi connectivity index (χ1v) is 10.0. The molecule has 6 rings (SSSR count). The standard InChI is InChI=1S/C21H30O5/c1-10-12-6-7-13-19(5)14-8-9-18(3,4)15(19)17(23)21(24,26-25-14)20(13,11(12)2)16(10)22/h11-15,17,23-24H,1,6-9H2,2-5H3/t11-,12+,13+,14+,15-,17+,19-,20+,21-/m1/s1. The van der Waals surface area contributed by atoms with Crippen LogP contribution < -0.4 is 0 Å². The molecule has 6 bridgehead atoms. The second-order valence-electron chi connectivity index (χ2n) is 10.4. The lowest BCUT2D eigenvalue weighted by molar-refractivity contribution is -0.469. The molecule has 9 atom stereocenters. The van der Waals surface area contributed by atoms with Crippen LogP contribution in [-0.2, 0) is 14.6 Å². The van der Waals surface area contributed by atoms with Gasteiger partial charge in [-0.3, -0.25) is 4.79 Å². The molecule has 2 aliphatic heterocycles. The van der Waals surface area contributed by atoms with Crippen LogP contribution in [0.1, 0.15) is 53.4 Å². The van der Waals surface area contributed by atoms with Crippen LogP contribution in [0.4, 0.5) is 0 Å². The van der Waals surface area contributed by atoms with Crippen molar-refractivity contribution in [3.8, 4) is 0 Å². The zero-order valence-corrected chi connectivity index (χ0v) is 16.1. The summed E-state index contributed by atoms with van der Waals surface area (Å²) in [7, 11) is 0. The van der Waals surface area contributed by atoms with Gasteiger partial charge >= 0.3 is 0 Å². The smallest absolute Gasteiger partial charge is 0.239 e. The van der Waals surface area contributed by atoms with Crippen LogP contribution in [0.3, 0.4) is 0 Å². The van der Waals surface area contributed by atoms with Crippen LogP contribution in [0, 0.1) is 39.9 Å². The molecular weight excluding hydrogens is 332 g/mol. The van der Waals surface area contributed by atoms with Gasteiger partial charge in [0.1, 0.15) is 6.10 Å². The van der Waals surface area contributed by atoms with E-state index in [0.717, 1.165) is 25.7 Å². The van der Waals surface area contributed by atoms with Crippen LogP contribution in [0.5, 0.6) is 0 Å². The summed E-state index contributed by atoms with van der Waals surface area (Å²) in [6.45, 7) is 12.6. The number of carbonyl (C=O) groups is 1. The molecule has 4 saturated carbocycles. The van der Waals surface area contributed by atoms with Crippen molar-refractivity contribution in [2.24, 2.45) is 39.9 Å². The number of Topliss-reactive ketones (excluding diaryl/α,β-unsaturated/α-hetero) is 1. The van der Waals surface area contributed by atoms with Gasteiger partial charge in [-0.05, 0) is 54.4 Å². The van der Waals surface area contributed by atoms with E-state index in [9.17, 15) is 15.0 Å². The van der Waals surface area contributed by atoms with Crippen LogP contribution >= 0.6 is 0 Å². The van der Waals surface area contributed by atoms with Crippen molar-refractivity contribution >= 4 is 5.78 Å². The Balaban J connectivity index is 1.83. The largest absolute Gasteiger partial charge is 0.387 e. The maximum Gasteiger partial charge on any atom is 0.239 e. The third kappa shape index (κ3) is 1.44. The second-order valence-corrected chi connectivity index (χ2v) is 10.4. The Morgan fingerprint density at radius 3 is 2.58 bits per heavy atom. The van der Waals surface area contributed by atoms with Crippen molar-refractivity contribution in [1.29, 1.82) is 0 Å². The van der Waals surface area contributed by atoms with Crippen molar-refractivity contribution in [2.75, 3.05) is 0 Å². The molecule has 0 unspecified atom stereocenters. The topological polar surface area (TPSA) is 76.0 Å². The van der Waals surface area contributed by atoms with E-state index in [2.05, 4.69) is 27.4 Å². The van der Waals surface area contributed by atoms with Gasteiger partial charge in [0.05, 0.1) is 11.5 Å². The number of hydrogen-bond acceptors (Lipinski definition) is 5. The fraction of sp³-hybridized carbons (Fsp3) is 0.857. The Hall–Kier alpha value is -0.750. The van der Waals surface area contributed by atoms with E-state index in [4.69, 9.17) is 9.78 Å². The van der Waals surface area contributed by atoms with Gasteiger partial charge in [0.25, 0.3) is 0 Å². The molecule has 5 heteroatoms. The number of fused-ring (bicyclic) bond motifs is 2. The number of rotatable bonds is 0. The molecule has 6 fully saturated rings. The lowest BCUT2D eigenvalue weighted by atomic mass is 9.36. The first kappa shape index (κ1) is 17.4. The van der Waals surface area contributed by atoms with Crippen molar-refractivity contribution in [1.82, 2.24) is 0 Å². The summed E-state index contributed by atoms with van der Waals surface area (Å²) in [6.07, 6.45) is 2.05. The predicted octanol–water partition coefficient (Wildman–Crippen LogP) is 2.61. The minimum Gasteiger partial charge on any atom is -0.387 e. The van der Waals surface area contributed by atoms with Crippen LogP contribution in [0.25, 0.3) is 0 Å². The van der Waals surface area contributed by atoms with Gasteiger partial charge in [-0.25, -0.2) is 4.89 Å². The van der Waals surface area contributed by atoms with Gasteiger partial charge in [-0.1, -0.05) is 34.3 Å². The van der Waals surface area contributed by atoms with E-state index in [1.165, 1.54) is 0 Å². The first-order chi connectivity index (χ1) is 12.0. The Morgan fingerprint density at radius 2 is 1.88 bits per heavy atom. The summed E-state index contributed by atoms with van der Waals surface area (Å²) in [5, 5.41) is 23.3. The molecule has 2 N–H and O–H groups in total. The highest BCUT2D eigenvalue weighted by Gasteiger charge is 2.84. The maximum atomic E-state index is 13.6. The number of allylic oxidation sites excluding steroid dienone is 1. The molecule has 2 heterocycles. The van der Waals surface area contributed by atoms with Gasteiger partial charge in [0, 0.05) is 11.3 Å². The van der Waals surface area contributed by atoms with E-state index in [1.54, 1.807) is 0 Å². The zero-order valence-electron chi connectivity index (χ0n) is 16.1. The van der Waals surface area contributed by atoms with Crippen LogP contribution in [0.2, 0.25) is 0 Å². The quantitative estimate of drug-likeness (QED) is 0.512. The SMILES string of the molecule is C=C1C(=O)[C@]23[C@H](C)[C@H]1CC[C@H]2[C@]1(C)[C@@H]2CCC(C)(C)[C@H]1[C@H](O)[C@@]3(O)OO2. The molecular formula is C21H30O5. The monoisotopic (exact) mass is 362 g/mol. The Morgan fingerprint density at radius 1 is 1.19 bits per heavy atom. The fourth-order valence-electron chi connectivity index (χ4n) is 8.37. The molecule has 0 aromatic carbocycles. The van der Waals surface area contributed by atoms with Crippen molar-refractivity contribution in [3.63, 3.8) is 0 Å². The third-order valence-corrected chi connectivity index (χ3v) is 9.36. The first-order valence-electron chi connectivity index (χ1n) is 10.0. The Kier molecular flexibility index (Phi) is 3.09. The molecule has 0 aromatic rings. The number of hydrogen-bond donors (Lipinski definition) is 2. The van der Waals surface area contributed by atoms with E-state index in [1.807, 2.05) is 6.92 Å². The lowest BCUT2D eigenvalue weighted by Gasteiger charge is -2.67. The minimum absolute atomic E-state index is 0.0503. The maximum absolute atomic E-state index is 13.6. The fourth-order valence-corrected chi connectivity index (χ4v) is 8.37. The van der Waals surface area contributed by atoms with Crippen molar-refractivity contribution in [2.45, 2.75) is 71.4 Å². The van der Waals surface area contributed by atoms with Gasteiger partial charge < -0.3 is 10.2 Å². The van der Waals surface area contributed by atoms with E-state index in [-0.39, 0.29) is 41.0 Å². The number of ketones is 1. The number of aliphatic hydroxyl groups is 2. The highest BCUT2D eigenvalue weighted by Crippen LogP contribution is 2.76. The molecule has 2 saturated heterocycles.